The van der Waals surface area contributed by atoms with E-state index in [1.807, 2.05) is 6.92 Å². The van der Waals surface area contributed by atoms with Crippen molar-refractivity contribution in [2.24, 2.45) is 5.92 Å². The normalized spacial score (nSPS) is 20.6. The van der Waals surface area contributed by atoms with E-state index in [1.54, 1.807) is 37.3 Å². The number of hydrogen-bond donors (Lipinski definition) is 1. The third-order valence-corrected chi connectivity index (χ3v) is 3.80. The molecule has 5 heteroatoms. The molecule has 21 heavy (non-hydrogen) atoms. The van der Waals surface area contributed by atoms with Crippen molar-refractivity contribution in [3.8, 4) is 11.5 Å². The Morgan fingerprint density at radius 1 is 1.38 bits per heavy atom. The Bertz CT molecular complexity index is 497. The summed E-state index contributed by atoms with van der Waals surface area (Å²) in [5.41, 5.74) is 0.585. The van der Waals surface area contributed by atoms with Crippen molar-refractivity contribution in [2.45, 2.75) is 25.9 Å². The predicted octanol–water partition coefficient (Wildman–Crippen LogP) is 1.94. The van der Waals surface area contributed by atoms with Gasteiger partial charge in [-0.05, 0) is 43.9 Å². The monoisotopic (exact) mass is 293 g/mol. The Kier molecular flexibility index (Phi) is 5.07. The Morgan fingerprint density at radius 3 is 2.67 bits per heavy atom. The molecule has 1 saturated carbocycles. The van der Waals surface area contributed by atoms with Crippen molar-refractivity contribution >= 4 is 5.91 Å². The van der Waals surface area contributed by atoms with Crippen LogP contribution in [0.3, 0.4) is 0 Å². The summed E-state index contributed by atoms with van der Waals surface area (Å²) in [4.78, 5) is 14.1. The topological polar surface area (TPSA) is 59.0 Å². The maximum absolute atomic E-state index is 12.4. The lowest BCUT2D eigenvalue weighted by Gasteiger charge is -2.34. The van der Waals surface area contributed by atoms with Crippen LogP contribution in [0.1, 0.15) is 30.1 Å². The fourth-order valence-corrected chi connectivity index (χ4v) is 2.62. The maximum Gasteiger partial charge on any atom is 0.253 e. The van der Waals surface area contributed by atoms with Gasteiger partial charge in [0.1, 0.15) is 0 Å². The molecule has 0 spiro atoms. The van der Waals surface area contributed by atoms with Gasteiger partial charge in [-0.1, -0.05) is 0 Å². The van der Waals surface area contributed by atoms with Gasteiger partial charge < -0.3 is 19.5 Å². The molecule has 0 radical (unpaired) electrons. The van der Waals surface area contributed by atoms with Crippen molar-refractivity contribution in [1.29, 1.82) is 0 Å². The van der Waals surface area contributed by atoms with Crippen LogP contribution in [-0.2, 0) is 0 Å². The maximum atomic E-state index is 12.4. The number of rotatable bonds is 6. The number of methoxy groups -OCH3 is 1. The first-order valence-electron chi connectivity index (χ1n) is 7.29. The first-order valence-corrected chi connectivity index (χ1v) is 7.29. The summed E-state index contributed by atoms with van der Waals surface area (Å²) < 4.78 is 10.7. The minimum Gasteiger partial charge on any atom is -0.493 e. The summed E-state index contributed by atoms with van der Waals surface area (Å²) in [7, 11) is 3.37. The van der Waals surface area contributed by atoms with Gasteiger partial charge in [-0.15, -0.1) is 0 Å². The van der Waals surface area contributed by atoms with E-state index in [-0.39, 0.29) is 12.0 Å². The van der Waals surface area contributed by atoms with Gasteiger partial charge in [0.15, 0.2) is 11.5 Å². The van der Waals surface area contributed by atoms with Gasteiger partial charge in [0.25, 0.3) is 5.91 Å². The Balaban J connectivity index is 2.05. The third-order valence-electron chi connectivity index (χ3n) is 3.80. The highest BCUT2D eigenvalue weighted by Gasteiger charge is 2.29. The molecular weight excluding hydrogens is 270 g/mol. The van der Waals surface area contributed by atoms with Crippen LogP contribution in [0.25, 0.3) is 0 Å². The van der Waals surface area contributed by atoms with Gasteiger partial charge in [0.2, 0.25) is 0 Å². The Hall–Kier alpha value is -1.75. The van der Waals surface area contributed by atoms with E-state index in [1.165, 1.54) is 0 Å². The molecular formula is C16H23NO4. The largest absolute Gasteiger partial charge is 0.493 e. The van der Waals surface area contributed by atoms with Gasteiger partial charge in [0, 0.05) is 19.2 Å². The molecule has 1 amide bonds. The van der Waals surface area contributed by atoms with E-state index in [0.29, 0.717) is 36.1 Å². The SMILES string of the molecule is CCOc1cc(C(=O)N(C)CC2CC(O)C2)ccc1OC. The molecule has 0 heterocycles. The van der Waals surface area contributed by atoms with E-state index >= 15 is 0 Å². The molecule has 0 saturated heterocycles. The van der Waals surface area contributed by atoms with Crippen LogP contribution in [0.15, 0.2) is 18.2 Å². The molecule has 116 valence electrons. The Labute approximate surface area is 125 Å². The second kappa shape index (κ2) is 6.80. The molecule has 1 aromatic rings. The van der Waals surface area contributed by atoms with Crippen molar-refractivity contribution in [1.82, 2.24) is 4.90 Å². The second-order valence-corrected chi connectivity index (χ2v) is 5.48. The molecule has 0 unspecified atom stereocenters. The summed E-state index contributed by atoms with van der Waals surface area (Å²) in [6.07, 6.45) is 1.37. The van der Waals surface area contributed by atoms with E-state index in [2.05, 4.69) is 0 Å². The minimum absolute atomic E-state index is 0.0417. The minimum atomic E-state index is -0.191. The highest BCUT2D eigenvalue weighted by atomic mass is 16.5. The van der Waals surface area contributed by atoms with Crippen LogP contribution in [0.2, 0.25) is 0 Å². The zero-order valence-corrected chi connectivity index (χ0v) is 12.8. The average Bonchev–Trinajstić information content (AvgIpc) is 2.45. The molecule has 1 N–H and O–H groups in total. The molecule has 1 fully saturated rings. The molecule has 2 rings (SSSR count). The fraction of sp³-hybridized carbons (Fsp3) is 0.562. The fourth-order valence-electron chi connectivity index (χ4n) is 2.62. The molecule has 1 aliphatic carbocycles. The highest BCUT2D eigenvalue weighted by Crippen LogP contribution is 2.30. The van der Waals surface area contributed by atoms with Crippen molar-refractivity contribution in [3.63, 3.8) is 0 Å². The third kappa shape index (κ3) is 3.67. The lowest BCUT2D eigenvalue weighted by molar-refractivity contribution is 0.0265. The van der Waals surface area contributed by atoms with E-state index in [0.717, 1.165) is 12.8 Å². The van der Waals surface area contributed by atoms with Gasteiger partial charge in [-0.2, -0.15) is 0 Å². The lowest BCUT2D eigenvalue weighted by Crippen LogP contribution is -2.39. The van der Waals surface area contributed by atoms with E-state index in [9.17, 15) is 9.90 Å². The van der Waals surface area contributed by atoms with Crippen LogP contribution in [0, 0.1) is 5.92 Å². The summed E-state index contributed by atoms with van der Waals surface area (Å²) in [6.45, 7) is 3.08. The molecule has 0 aromatic heterocycles. The lowest BCUT2D eigenvalue weighted by atomic mass is 9.82. The number of amides is 1. The van der Waals surface area contributed by atoms with Gasteiger partial charge >= 0.3 is 0 Å². The van der Waals surface area contributed by atoms with Gasteiger partial charge in [0.05, 0.1) is 19.8 Å². The van der Waals surface area contributed by atoms with Crippen LogP contribution in [-0.4, -0.2) is 49.3 Å². The van der Waals surface area contributed by atoms with E-state index in [4.69, 9.17) is 9.47 Å². The summed E-state index contributed by atoms with van der Waals surface area (Å²) >= 11 is 0. The van der Waals surface area contributed by atoms with Crippen molar-refractivity contribution in [2.75, 3.05) is 27.3 Å². The molecule has 0 bridgehead atoms. The molecule has 5 nitrogen and oxygen atoms in total. The number of aliphatic hydroxyl groups excluding tert-OH is 1. The summed E-state index contributed by atoms with van der Waals surface area (Å²) in [6, 6.07) is 5.21. The number of aliphatic hydroxyl groups is 1. The van der Waals surface area contributed by atoms with Crippen LogP contribution < -0.4 is 9.47 Å². The highest BCUT2D eigenvalue weighted by molar-refractivity contribution is 5.94. The average molecular weight is 293 g/mol. The number of carbonyl (C=O) groups is 1. The van der Waals surface area contributed by atoms with E-state index < -0.39 is 0 Å². The zero-order chi connectivity index (χ0) is 15.4. The number of ether oxygens (including phenoxy) is 2. The van der Waals surface area contributed by atoms with Crippen LogP contribution >= 0.6 is 0 Å². The smallest absolute Gasteiger partial charge is 0.253 e. The molecule has 0 atom stereocenters. The number of nitrogens with zero attached hydrogens (tertiary/aromatic N) is 1. The second-order valence-electron chi connectivity index (χ2n) is 5.48. The standard InChI is InChI=1S/C16H23NO4/c1-4-21-15-9-12(5-6-14(15)20-3)16(19)17(2)10-11-7-13(18)8-11/h5-6,9,11,13,18H,4,7-8,10H2,1-3H3. The number of carbonyl (C=O) groups excluding carboxylic acids is 1. The summed E-state index contributed by atoms with van der Waals surface area (Å²) in [5.74, 6) is 1.56. The van der Waals surface area contributed by atoms with Crippen molar-refractivity contribution in [3.05, 3.63) is 23.8 Å². The van der Waals surface area contributed by atoms with Crippen molar-refractivity contribution < 1.29 is 19.4 Å². The predicted molar refractivity (Wildman–Crippen MR) is 79.9 cm³/mol. The number of benzene rings is 1. The molecule has 0 aliphatic heterocycles. The quantitative estimate of drug-likeness (QED) is 0.871. The van der Waals surface area contributed by atoms with Gasteiger partial charge in [-0.3, -0.25) is 4.79 Å². The first kappa shape index (κ1) is 15.6. The first-order chi connectivity index (χ1) is 10.0. The molecule has 1 aliphatic rings. The number of hydrogen-bond acceptors (Lipinski definition) is 4. The van der Waals surface area contributed by atoms with Gasteiger partial charge in [-0.25, -0.2) is 0 Å². The van der Waals surface area contributed by atoms with Crippen LogP contribution in [0.5, 0.6) is 11.5 Å². The zero-order valence-electron chi connectivity index (χ0n) is 12.8. The van der Waals surface area contributed by atoms with Crippen LogP contribution in [0.4, 0.5) is 0 Å². The summed E-state index contributed by atoms with van der Waals surface area (Å²) in [5, 5.41) is 9.31. The molecule has 1 aromatic carbocycles. The Morgan fingerprint density at radius 2 is 2.10 bits per heavy atom.